The van der Waals surface area contributed by atoms with Gasteiger partial charge in [-0.05, 0) is 30.2 Å². The molecule has 1 aliphatic heterocycles. The molecule has 106 valence electrons. The molecule has 0 saturated carbocycles. The summed E-state index contributed by atoms with van der Waals surface area (Å²) in [6, 6.07) is 10.0. The number of hydrogen-bond donors (Lipinski definition) is 0. The van der Waals surface area contributed by atoms with Gasteiger partial charge in [0, 0.05) is 25.0 Å². The average molecular weight is 316 g/mol. The Bertz CT molecular complexity index is 906. The van der Waals surface area contributed by atoms with Crippen molar-refractivity contribution in [3.8, 4) is 11.3 Å². The Balaban J connectivity index is 2.00. The van der Waals surface area contributed by atoms with Crippen LogP contribution in [0.5, 0.6) is 0 Å². The van der Waals surface area contributed by atoms with E-state index in [1.54, 1.807) is 0 Å². The second-order valence-corrected chi connectivity index (χ2v) is 6.24. The van der Waals surface area contributed by atoms with Crippen LogP contribution in [0.2, 0.25) is 5.02 Å². The molecule has 0 saturated heterocycles. The summed E-state index contributed by atoms with van der Waals surface area (Å²) in [7, 11) is 2.04. The maximum Gasteiger partial charge on any atom is 0.145 e. The molecule has 3 aromatic rings. The average Bonchev–Trinajstić information content (AvgIpc) is 3.07. The molecule has 1 aromatic carbocycles. The SMILES string of the molecule is Cn1c(-c2ccc(Cl)cc2)cc2c(=S)n3c(nc21)CCC3. The molecule has 4 rings (SSSR count). The van der Waals surface area contributed by atoms with Crippen molar-refractivity contribution in [2.24, 2.45) is 7.05 Å². The van der Waals surface area contributed by atoms with Gasteiger partial charge < -0.3 is 9.13 Å². The fraction of sp³-hybridized carbons (Fsp3) is 0.250. The Morgan fingerprint density at radius 3 is 2.76 bits per heavy atom. The van der Waals surface area contributed by atoms with Gasteiger partial charge in [-0.2, -0.15) is 0 Å². The first-order valence-electron chi connectivity index (χ1n) is 7.00. The summed E-state index contributed by atoms with van der Waals surface area (Å²) >= 11 is 11.6. The first-order valence-corrected chi connectivity index (χ1v) is 7.79. The molecule has 3 nitrogen and oxygen atoms in total. The van der Waals surface area contributed by atoms with Crippen LogP contribution in [0, 0.1) is 4.64 Å². The van der Waals surface area contributed by atoms with Gasteiger partial charge in [0.05, 0.1) is 11.1 Å². The lowest BCUT2D eigenvalue weighted by Gasteiger charge is -2.06. The van der Waals surface area contributed by atoms with Crippen LogP contribution in [-0.4, -0.2) is 14.1 Å². The standard InChI is InChI=1S/C16H14ClN3S/c1-19-13(10-4-6-11(17)7-5-10)9-12-15(19)18-14-3-2-8-20(14)16(12)21/h4-7,9H,2-3,8H2,1H3. The molecule has 0 aliphatic carbocycles. The molecule has 0 spiro atoms. The molecule has 0 amide bonds. The van der Waals surface area contributed by atoms with Crippen molar-refractivity contribution in [2.45, 2.75) is 19.4 Å². The predicted molar refractivity (Wildman–Crippen MR) is 88.3 cm³/mol. The maximum atomic E-state index is 5.97. The van der Waals surface area contributed by atoms with Crippen LogP contribution < -0.4 is 0 Å². The minimum Gasteiger partial charge on any atom is -0.328 e. The van der Waals surface area contributed by atoms with Crippen LogP contribution in [0.4, 0.5) is 0 Å². The Hall–Kier alpha value is -1.65. The molecule has 0 unspecified atom stereocenters. The normalized spacial score (nSPS) is 13.8. The van der Waals surface area contributed by atoms with Gasteiger partial charge >= 0.3 is 0 Å². The largest absolute Gasteiger partial charge is 0.328 e. The molecule has 5 heteroatoms. The minimum atomic E-state index is 0.745. The molecule has 0 fully saturated rings. The van der Waals surface area contributed by atoms with Crippen molar-refractivity contribution in [1.82, 2.24) is 14.1 Å². The van der Waals surface area contributed by atoms with Crippen LogP contribution in [0.25, 0.3) is 22.3 Å². The van der Waals surface area contributed by atoms with Crippen molar-refractivity contribution < 1.29 is 0 Å². The van der Waals surface area contributed by atoms with Gasteiger partial charge in [-0.15, -0.1) is 0 Å². The van der Waals surface area contributed by atoms with Gasteiger partial charge in [0.2, 0.25) is 0 Å². The second-order valence-electron chi connectivity index (χ2n) is 5.42. The molecule has 0 bridgehead atoms. The number of aryl methyl sites for hydroxylation is 2. The lowest BCUT2D eigenvalue weighted by molar-refractivity contribution is 0.732. The van der Waals surface area contributed by atoms with E-state index < -0.39 is 0 Å². The van der Waals surface area contributed by atoms with E-state index in [1.807, 2.05) is 31.3 Å². The van der Waals surface area contributed by atoms with E-state index in [2.05, 4.69) is 15.2 Å². The zero-order valence-electron chi connectivity index (χ0n) is 11.6. The van der Waals surface area contributed by atoms with Crippen LogP contribution in [0.1, 0.15) is 12.2 Å². The zero-order valence-corrected chi connectivity index (χ0v) is 13.2. The number of benzene rings is 1. The Labute approximate surface area is 132 Å². The smallest absolute Gasteiger partial charge is 0.145 e. The van der Waals surface area contributed by atoms with Crippen molar-refractivity contribution >= 4 is 34.9 Å². The summed E-state index contributed by atoms with van der Waals surface area (Å²) in [6.45, 7) is 0.988. The van der Waals surface area contributed by atoms with Crippen molar-refractivity contribution in [3.05, 3.63) is 45.8 Å². The number of rotatable bonds is 1. The molecular formula is C16H14ClN3S. The minimum absolute atomic E-state index is 0.745. The van der Waals surface area contributed by atoms with Gasteiger partial charge in [-0.3, -0.25) is 0 Å². The Morgan fingerprint density at radius 1 is 1.24 bits per heavy atom. The lowest BCUT2D eigenvalue weighted by Crippen LogP contribution is -2.03. The molecule has 21 heavy (non-hydrogen) atoms. The highest BCUT2D eigenvalue weighted by atomic mass is 35.5. The number of hydrogen-bond acceptors (Lipinski definition) is 2. The van der Waals surface area contributed by atoms with Gasteiger partial charge in [-0.1, -0.05) is 36.0 Å². The van der Waals surface area contributed by atoms with Crippen molar-refractivity contribution in [1.29, 1.82) is 0 Å². The molecule has 1 aliphatic rings. The van der Waals surface area contributed by atoms with E-state index in [4.69, 9.17) is 28.8 Å². The fourth-order valence-electron chi connectivity index (χ4n) is 3.05. The summed E-state index contributed by atoms with van der Waals surface area (Å²) in [4.78, 5) is 4.81. The third kappa shape index (κ3) is 1.93. The van der Waals surface area contributed by atoms with Gasteiger partial charge in [0.1, 0.15) is 16.1 Å². The van der Waals surface area contributed by atoms with Crippen LogP contribution >= 0.6 is 23.8 Å². The summed E-state index contributed by atoms with van der Waals surface area (Å²) in [6.07, 6.45) is 2.15. The van der Waals surface area contributed by atoms with Gasteiger partial charge in [0.15, 0.2) is 0 Å². The summed E-state index contributed by atoms with van der Waals surface area (Å²) in [5.41, 5.74) is 3.21. The number of halogens is 1. The van der Waals surface area contributed by atoms with Crippen molar-refractivity contribution in [2.75, 3.05) is 0 Å². The summed E-state index contributed by atoms with van der Waals surface area (Å²) in [5, 5.41) is 1.80. The molecule has 2 aromatic heterocycles. The van der Waals surface area contributed by atoms with E-state index in [-0.39, 0.29) is 0 Å². The number of fused-ring (bicyclic) bond motifs is 2. The van der Waals surface area contributed by atoms with E-state index in [1.165, 1.54) is 0 Å². The summed E-state index contributed by atoms with van der Waals surface area (Å²) < 4.78 is 5.19. The predicted octanol–water partition coefficient (Wildman–Crippen LogP) is 4.37. The van der Waals surface area contributed by atoms with Crippen molar-refractivity contribution in [3.63, 3.8) is 0 Å². The van der Waals surface area contributed by atoms with Gasteiger partial charge in [-0.25, -0.2) is 4.98 Å². The number of aromatic nitrogens is 3. The molecule has 0 N–H and O–H groups in total. The van der Waals surface area contributed by atoms with Crippen LogP contribution in [0.15, 0.2) is 30.3 Å². The first kappa shape index (κ1) is 13.0. The van der Waals surface area contributed by atoms with E-state index in [0.29, 0.717) is 0 Å². The third-order valence-electron chi connectivity index (χ3n) is 4.15. The maximum absolute atomic E-state index is 5.97. The van der Waals surface area contributed by atoms with Crippen LogP contribution in [0.3, 0.4) is 0 Å². The van der Waals surface area contributed by atoms with E-state index in [0.717, 1.165) is 57.2 Å². The quantitative estimate of drug-likeness (QED) is 0.622. The topological polar surface area (TPSA) is 22.8 Å². The highest BCUT2D eigenvalue weighted by Crippen LogP contribution is 2.29. The van der Waals surface area contributed by atoms with E-state index in [9.17, 15) is 0 Å². The molecule has 0 atom stereocenters. The van der Waals surface area contributed by atoms with E-state index >= 15 is 0 Å². The molecule has 3 heterocycles. The first-order chi connectivity index (χ1) is 10.1. The number of nitrogens with zero attached hydrogens (tertiary/aromatic N) is 3. The molecule has 0 radical (unpaired) electrons. The summed E-state index contributed by atoms with van der Waals surface area (Å²) in [5.74, 6) is 1.11. The Kier molecular flexibility index (Phi) is 2.91. The van der Waals surface area contributed by atoms with Gasteiger partial charge in [0.25, 0.3) is 0 Å². The second kappa shape index (κ2) is 4.68. The van der Waals surface area contributed by atoms with Crippen LogP contribution in [-0.2, 0) is 20.0 Å². The highest BCUT2D eigenvalue weighted by Gasteiger charge is 2.17. The highest BCUT2D eigenvalue weighted by molar-refractivity contribution is 7.71. The Morgan fingerprint density at radius 2 is 2.00 bits per heavy atom. The lowest BCUT2D eigenvalue weighted by atomic mass is 10.1. The third-order valence-corrected chi connectivity index (χ3v) is 4.84. The fourth-order valence-corrected chi connectivity index (χ4v) is 3.52. The zero-order chi connectivity index (χ0) is 14.6. The molecular weight excluding hydrogens is 302 g/mol. The monoisotopic (exact) mass is 315 g/mol.